The second-order valence-corrected chi connectivity index (χ2v) is 6.20. The van der Waals surface area contributed by atoms with E-state index in [-0.39, 0.29) is 0 Å². The lowest BCUT2D eigenvalue weighted by atomic mass is 9.72. The smallest absolute Gasteiger partial charge is 0.0593 e. The Morgan fingerprint density at radius 1 is 1.33 bits per heavy atom. The van der Waals surface area contributed by atoms with Crippen LogP contribution in [0.1, 0.15) is 47.0 Å². The molecule has 1 aliphatic rings. The zero-order valence-electron chi connectivity index (χ0n) is 13.0. The molecule has 0 amide bonds. The normalized spacial score (nSPS) is 27.7. The molecule has 0 spiro atoms. The van der Waals surface area contributed by atoms with Gasteiger partial charge in [0.1, 0.15) is 0 Å². The van der Waals surface area contributed by atoms with Gasteiger partial charge in [-0.25, -0.2) is 0 Å². The second-order valence-electron chi connectivity index (χ2n) is 6.20. The van der Waals surface area contributed by atoms with Crippen LogP contribution in [-0.2, 0) is 4.74 Å². The fourth-order valence-corrected chi connectivity index (χ4v) is 3.15. The minimum atomic E-state index is 0.483. The van der Waals surface area contributed by atoms with Crippen molar-refractivity contribution in [3.05, 3.63) is 0 Å². The summed E-state index contributed by atoms with van der Waals surface area (Å²) < 4.78 is 5.52. The summed E-state index contributed by atoms with van der Waals surface area (Å²) in [7, 11) is 2.10. The zero-order valence-corrected chi connectivity index (χ0v) is 13.0. The molecule has 0 aromatic carbocycles. The Labute approximate surface area is 113 Å². The van der Waals surface area contributed by atoms with Crippen molar-refractivity contribution >= 4 is 0 Å². The van der Waals surface area contributed by atoms with Crippen LogP contribution in [0.3, 0.4) is 0 Å². The number of rotatable bonds is 7. The van der Waals surface area contributed by atoms with Crippen LogP contribution in [0.25, 0.3) is 0 Å². The molecule has 0 bridgehead atoms. The van der Waals surface area contributed by atoms with Crippen molar-refractivity contribution in [2.45, 2.75) is 59.0 Å². The third-order valence-electron chi connectivity index (χ3n) is 4.33. The Morgan fingerprint density at radius 2 is 2.06 bits per heavy atom. The van der Waals surface area contributed by atoms with Gasteiger partial charge in [0.15, 0.2) is 0 Å². The first-order valence-electron chi connectivity index (χ1n) is 7.53. The van der Waals surface area contributed by atoms with E-state index in [1.54, 1.807) is 0 Å². The van der Waals surface area contributed by atoms with E-state index in [4.69, 9.17) is 4.74 Å². The maximum absolute atomic E-state index is 5.52. The third kappa shape index (κ3) is 4.52. The molecule has 1 rings (SSSR count). The van der Waals surface area contributed by atoms with E-state index >= 15 is 0 Å². The SMILES string of the molecule is CCOCCN(CC)C1CC(C)(C)CCC1NC. The number of likely N-dealkylation sites (N-methyl/N-ethyl adjacent to an activating group) is 2. The molecular formula is C15H32N2O. The molecule has 0 aromatic rings. The molecule has 2 unspecified atom stereocenters. The molecule has 108 valence electrons. The highest BCUT2D eigenvalue weighted by Gasteiger charge is 2.36. The maximum atomic E-state index is 5.52. The molecule has 1 saturated carbocycles. The average molecular weight is 256 g/mol. The maximum Gasteiger partial charge on any atom is 0.0593 e. The minimum absolute atomic E-state index is 0.483. The summed E-state index contributed by atoms with van der Waals surface area (Å²) in [5.74, 6) is 0. The second kappa shape index (κ2) is 7.46. The highest BCUT2D eigenvalue weighted by molar-refractivity contribution is 4.93. The Balaban J connectivity index is 2.60. The molecule has 0 radical (unpaired) electrons. The summed E-state index contributed by atoms with van der Waals surface area (Å²) in [6.07, 6.45) is 3.91. The highest BCUT2D eigenvalue weighted by Crippen LogP contribution is 2.37. The number of ether oxygens (including phenoxy) is 1. The van der Waals surface area contributed by atoms with E-state index in [0.717, 1.165) is 26.3 Å². The van der Waals surface area contributed by atoms with Crippen molar-refractivity contribution in [2.75, 3.05) is 33.4 Å². The van der Waals surface area contributed by atoms with Crippen LogP contribution in [0.4, 0.5) is 0 Å². The van der Waals surface area contributed by atoms with E-state index in [1.165, 1.54) is 19.3 Å². The quantitative estimate of drug-likeness (QED) is 0.708. The topological polar surface area (TPSA) is 24.5 Å². The van der Waals surface area contributed by atoms with Crippen LogP contribution in [-0.4, -0.2) is 50.3 Å². The lowest BCUT2D eigenvalue weighted by Crippen LogP contribution is -2.54. The first kappa shape index (κ1) is 15.9. The molecule has 1 N–H and O–H groups in total. The summed E-state index contributed by atoms with van der Waals surface area (Å²) in [6, 6.07) is 1.30. The van der Waals surface area contributed by atoms with E-state index < -0.39 is 0 Å². The van der Waals surface area contributed by atoms with Gasteiger partial charge in [0, 0.05) is 25.2 Å². The fraction of sp³-hybridized carbons (Fsp3) is 1.00. The summed E-state index contributed by atoms with van der Waals surface area (Å²) in [5, 5.41) is 3.51. The van der Waals surface area contributed by atoms with Gasteiger partial charge < -0.3 is 10.1 Å². The monoisotopic (exact) mass is 256 g/mol. The summed E-state index contributed by atoms with van der Waals surface area (Å²) in [6.45, 7) is 13.0. The number of nitrogens with zero attached hydrogens (tertiary/aromatic N) is 1. The number of hydrogen-bond donors (Lipinski definition) is 1. The Kier molecular flexibility index (Phi) is 6.61. The van der Waals surface area contributed by atoms with E-state index in [1.807, 2.05) is 0 Å². The highest BCUT2D eigenvalue weighted by atomic mass is 16.5. The van der Waals surface area contributed by atoms with E-state index in [2.05, 4.69) is 45.0 Å². The summed E-state index contributed by atoms with van der Waals surface area (Å²) >= 11 is 0. The summed E-state index contributed by atoms with van der Waals surface area (Å²) in [5.41, 5.74) is 0.483. The molecular weight excluding hydrogens is 224 g/mol. The van der Waals surface area contributed by atoms with Gasteiger partial charge in [-0.2, -0.15) is 0 Å². The summed E-state index contributed by atoms with van der Waals surface area (Å²) in [4.78, 5) is 2.59. The molecule has 0 aromatic heterocycles. The van der Waals surface area contributed by atoms with E-state index in [9.17, 15) is 0 Å². The molecule has 0 saturated heterocycles. The largest absolute Gasteiger partial charge is 0.380 e. The van der Waals surface area contributed by atoms with Crippen LogP contribution in [0.15, 0.2) is 0 Å². The molecule has 18 heavy (non-hydrogen) atoms. The van der Waals surface area contributed by atoms with Gasteiger partial charge in [-0.05, 0) is 45.2 Å². The van der Waals surface area contributed by atoms with Crippen LogP contribution in [0.5, 0.6) is 0 Å². The molecule has 1 fully saturated rings. The van der Waals surface area contributed by atoms with Gasteiger partial charge in [0.05, 0.1) is 6.61 Å². The van der Waals surface area contributed by atoms with Gasteiger partial charge in [-0.15, -0.1) is 0 Å². The van der Waals surface area contributed by atoms with Crippen molar-refractivity contribution in [2.24, 2.45) is 5.41 Å². The molecule has 0 aliphatic heterocycles. The first-order valence-corrected chi connectivity index (χ1v) is 7.53. The lowest BCUT2D eigenvalue weighted by Gasteiger charge is -2.45. The molecule has 2 atom stereocenters. The third-order valence-corrected chi connectivity index (χ3v) is 4.33. The molecule has 0 heterocycles. The minimum Gasteiger partial charge on any atom is -0.380 e. The van der Waals surface area contributed by atoms with Crippen molar-refractivity contribution in [3.63, 3.8) is 0 Å². The van der Waals surface area contributed by atoms with E-state index in [0.29, 0.717) is 17.5 Å². The number of nitrogens with one attached hydrogen (secondary N) is 1. The molecule has 3 nitrogen and oxygen atoms in total. The Hall–Kier alpha value is -0.120. The van der Waals surface area contributed by atoms with Crippen LogP contribution >= 0.6 is 0 Å². The van der Waals surface area contributed by atoms with Crippen LogP contribution in [0, 0.1) is 5.41 Å². The predicted octanol–water partition coefficient (Wildman–Crippen LogP) is 2.51. The Morgan fingerprint density at radius 3 is 2.61 bits per heavy atom. The van der Waals surface area contributed by atoms with Gasteiger partial charge in [-0.3, -0.25) is 4.90 Å². The predicted molar refractivity (Wildman–Crippen MR) is 78.0 cm³/mol. The van der Waals surface area contributed by atoms with Gasteiger partial charge in [-0.1, -0.05) is 20.8 Å². The van der Waals surface area contributed by atoms with Crippen molar-refractivity contribution in [1.82, 2.24) is 10.2 Å². The average Bonchev–Trinajstić information content (AvgIpc) is 2.34. The van der Waals surface area contributed by atoms with Crippen molar-refractivity contribution in [1.29, 1.82) is 0 Å². The number of hydrogen-bond acceptors (Lipinski definition) is 3. The lowest BCUT2D eigenvalue weighted by molar-refractivity contribution is 0.0433. The molecule has 1 aliphatic carbocycles. The molecule has 3 heteroatoms. The zero-order chi connectivity index (χ0) is 13.6. The first-order chi connectivity index (χ1) is 8.54. The van der Waals surface area contributed by atoms with Gasteiger partial charge in [0.25, 0.3) is 0 Å². The van der Waals surface area contributed by atoms with Crippen molar-refractivity contribution in [3.8, 4) is 0 Å². The van der Waals surface area contributed by atoms with Gasteiger partial charge in [0.2, 0.25) is 0 Å². The standard InChI is InChI=1S/C15H32N2O/c1-6-17(10-11-18-7-2)14-12-15(3,4)9-8-13(14)16-5/h13-14,16H,6-12H2,1-5H3. The van der Waals surface area contributed by atoms with Crippen molar-refractivity contribution < 1.29 is 4.74 Å². The fourth-order valence-electron chi connectivity index (χ4n) is 3.15. The van der Waals surface area contributed by atoms with Gasteiger partial charge >= 0.3 is 0 Å². The Bertz CT molecular complexity index is 231. The van der Waals surface area contributed by atoms with Crippen LogP contribution < -0.4 is 5.32 Å². The van der Waals surface area contributed by atoms with Crippen LogP contribution in [0.2, 0.25) is 0 Å².